The quantitative estimate of drug-likeness (QED) is 0.800. The molecule has 0 aliphatic heterocycles. The summed E-state index contributed by atoms with van der Waals surface area (Å²) in [6.07, 6.45) is 3.28. The van der Waals surface area contributed by atoms with Crippen LogP contribution in [-0.2, 0) is 9.84 Å². The van der Waals surface area contributed by atoms with Crippen LogP contribution in [-0.4, -0.2) is 25.9 Å². The van der Waals surface area contributed by atoms with E-state index >= 15 is 0 Å². The van der Waals surface area contributed by atoms with E-state index in [1.807, 2.05) is 0 Å². The summed E-state index contributed by atoms with van der Waals surface area (Å²) in [5.74, 6) is 0.596. The van der Waals surface area contributed by atoms with Gasteiger partial charge in [0.15, 0.2) is 16.1 Å². The number of hydrogen-bond acceptors (Lipinski definition) is 5. The number of rotatable bonds is 4. The Morgan fingerprint density at radius 1 is 1.16 bits per heavy atom. The van der Waals surface area contributed by atoms with E-state index in [9.17, 15) is 13.2 Å². The number of carbonyl (C=O) groups excluding carboxylic acids is 1. The summed E-state index contributed by atoms with van der Waals surface area (Å²) in [6, 6.07) is 9.12. The van der Waals surface area contributed by atoms with Crippen LogP contribution in [0.1, 0.15) is 10.4 Å². The zero-order valence-corrected chi connectivity index (χ0v) is 10.9. The van der Waals surface area contributed by atoms with Crippen LogP contribution in [0.4, 0.5) is 0 Å². The van der Waals surface area contributed by atoms with Crippen molar-refractivity contribution in [3.8, 4) is 11.6 Å². The Bertz CT molecular complexity index is 693. The van der Waals surface area contributed by atoms with E-state index in [0.29, 0.717) is 17.6 Å². The van der Waals surface area contributed by atoms with E-state index in [2.05, 4.69) is 4.98 Å². The highest BCUT2D eigenvalue weighted by Crippen LogP contribution is 2.23. The maximum absolute atomic E-state index is 11.3. The smallest absolute Gasteiger partial charge is 0.229 e. The van der Waals surface area contributed by atoms with Crippen LogP contribution in [0.25, 0.3) is 0 Å². The van der Waals surface area contributed by atoms with Crippen LogP contribution < -0.4 is 4.74 Å². The number of aromatic nitrogens is 1. The van der Waals surface area contributed by atoms with Gasteiger partial charge in [-0.25, -0.2) is 13.4 Å². The van der Waals surface area contributed by atoms with Crippen molar-refractivity contribution < 1.29 is 17.9 Å². The van der Waals surface area contributed by atoms with Crippen molar-refractivity contribution in [1.82, 2.24) is 4.98 Å². The maximum atomic E-state index is 11.3. The fraction of sp³-hybridized carbons (Fsp3) is 0.0769. The number of nitrogens with zero attached hydrogens (tertiary/aromatic N) is 1. The Kier molecular flexibility index (Phi) is 3.62. The van der Waals surface area contributed by atoms with Gasteiger partial charge in [-0.1, -0.05) is 0 Å². The first-order valence-corrected chi connectivity index (χ1v) is 7.28. The lowest BCUT2D eigenvalue weighted by Crippen LogP contribution is -1.97. The average Bonchev–Trinajstić information content (AvgIpc) is 2.39. The van der Waals surface area contributed by atoms with Gasteiger partial charge in [-0.05, 0) is 36.4 Å². The fourth-order valence-corrected chi connectivity index (χ4v) is 2.08. The Morgan fingerprint density at radius 2 is 1.84 bits per heavy atom. The first-order valence-electron chi connectivity index (χ1n) is 5.39. The summed E-state index contributed by atoms with van der Waals surface area (Å²) >= 11 is 0. The predicted molar refractivity (Wildman–Crippen MR) is 69.3 cm³/mol. The van der Waals surface area contributed by atoms with E-state index in [4.69, 9.17) is 4.74 Å². The second kappa shape index (κ2) is 5.19. The number of pyridine rings is 1. The van der Waals surface area contributed by atoms with Crippen molar-refractivity contribution in [3.63, 3.8) is 0 Å². The molecule has 0 N–H and O–H groups in total. The normalized spacial score (nSPS) is 11.0. The van der Waals surface area contributed by atoms with Gasteiger partial charge in [0.25, 0.3) is 0 Å². The van der Waals surface area contributed by atoms with E-state index in [1.165, 1.54) is 30.5 Å². The van der Waals surface area contributed by atoms with Gasteiger partial charge in [0.1, 0.15) is 5.75 Å². The number of sulfone groups is 1. The molecule has 0 spiro atoms. The summed E-state index contributed by atoms with van der Waals surface area (Å²) in [5.41, 5.74) is 0.328. The minimum absolute atomic E-state index is 0.185. The van der Waals surface area contributed by atoms with Gasteiger partial charge in [-0.2, -0.15) is 0 Å². The molecular formula is C13H11NO4S. The van der Waals surface area contributed by atoms with Gasteiger partial charge < -0.3 is 4.74 Å². The number of ether oxygens (including phenoxy) is 1. The third kappa shape index (κ3) is 3.17. The summed E-state index contributed by atoms with van der Waals surface area (Å²) in [4.78, 5) is 15.0. The van der Waals surface area contributed by atoms with Crippen molar-refractivity contribution in [3.05, 3.63) is 48.2 Å². The molecule has 0 amide bonds. The highest BCUT2D eigenvalue weighted by Gasteiger charge is 2.08. The topological polar surface area (TPSA) is 73.3 Å². The molecule has 6 heteroatoms. The zero-order valence-electron chi connectivity index (χ0n) is 10.1. The van der Waals surface area contributed by atoms with Crippen LogP contribution in [0.3, 0.4) is 0 Å². The summed E-state index contributed by atoms with van der Waals surface area (Å²) in [5, 5.41) is 0. The van der Waals surface area contributed by atoms with Crippen molar-refractivity contribution in [1.29, 1.82) is 0 Å². The number of benzene rings is 1. The molecule has 19 heavy (non-hydrogen) atoms. The lowest BCUT2D eigenvalue weighted by Gasteiger charge is -2.06. The van der Waals surface area contributed by atoms with Gasteiger partial charge >= 0.3 is 0 Å². The average molecular weight is 277 g/mol. The first-order chi connectivity index (χ1) is 9.00. The molecule has 0 fully saturated rings. The third-order valence-electron chi connectivity index (χ3n) is 2.39. The molecular weight excluding hydrogens is 266 g/mol. The molecule has 1 heterocycles. The summed E-state index contributed by atoms with van der Waals surface area (Å²) < 4.78 is 28.0. The summed E-state index contributed by atoms with van der Waals surface area (Å²) in [6.45, 7) is 0. The van der Waals surface area contributed by atoms with E-state index < -0.39 is 9.84 Å². The lowest BCUT2D eigenvalue weighted by molar-refractivity contribution is 0.112. The molecule has 0 saturated carbocycles. The largest absolute Gasteiger partial charge is 0.438 e. The first kappa shape index (κ1) is 13.2. The van der Waals surface area contributed by atoms with Crippen LogP contribution in [0, 0.1) is 0 Å². The molecule has 0 bridgehead atoms. The number of carbonyl (C=O) groups is 1. The molecule has 0 saturated heterocycles. The molecule has 5 nitrogen and oxygen atoms in total. The van der Waals surface area contributed by atoms with Gasteiger partial charge in [0, 0.05) is 12.5 Å². The number of aldehydes is 1. The van der Waals surface area contributed by atoms with Crippen molar-refractivity contribution in [2.45, 2.75) is 4.90 Å². The highest BCUT2D eigenvalue weighted by molar-refractivity contribution is 7.90. The Morgan fingerprint density at radius 3 is 2.42 bits per heavy atom. The zero-order chi connectivity index (χ0) is 13.9. The van der Waals surface area contributed by atoms with Crippen LogP contribution in [0.2, 0.25) is 0 Å². The number of hydrogen-bond donors (Lipinski definition) is 0. The predicted octanol–water partition coefficient (Wildman–Crippen LogP) is 2.09. The maximum Gasteiger partial charge on any atom is 0.229 e. The Labute approximate surface area is 110 Å². The molecule has 0 radical (unpaired) electrons. The molecule has 0 aliphatic carbocycles. The molecule has 98 valence electrons. The minimum Gasteiger partial charge on any atom is -0.438 e. The molecule has 0 atom stereocenters. The monoisotopic (exact) mass is 277 g/mol. The molecule has 0 aliphatic rings. The highest BCUT2D eigenvalue weighted by atomic mass is 32.2. The van der Waals surface area contributed by atoms with Crippen molar-refractivity contribution in [2.75, 3.05) is 6.26 Å². The van der Waals surface area contributed by atoms with Gasteiger partial charge in [-0.15, -0.1) is 0 Å². The van der Waals surface area contributed by atoms with E-state index in [-0.39, 0.29) is 10.8 Å². The standard InChI is InChI=1S/C13H11NO4S/c1-19(16,17)12-6-4-11(5-7-12)18-13-10(9-15)3-2-8-14-13/h2-9H,1H3. The summed E-state index contributed by atoms with van der Waals surface area (Å²) in [7, 11) is -3.23. The Balaban J connectivity index is 2.27. The molecule has 1 aromatic carbocycles. The molecule has 1 aromatic heterocycles. The van der Waals surface area contributed by atoms with Crippen LogP contribution in [0.5, 0.6) is 11.6 Å². The van der Waals surface area contributed by atoms with Gasteiger partial charge in [0.2, 0.25) is 5.88 Å². The van der Waals surface area contributed by atoms with Crippen LogP contribution >= 0.6 is 0 Å². The molecule has 2 aromatic rings. The van der Waals surface area contributed by atoms with Gasteiger partial charge in [-0.3, -0.25) is 4.79 Å². The van der Waals surface area contributed by atoms with E-state index in [0.717, 1.165) is 6.26 Å². The van der Waals surface area contributed by atoms with Crippen molar-refractivity contribution >= 4 is 16.1 Å². The second-order valence-electron chi connectivity index (χ2n) is 3.86. The minimum atomic E-state index is -3.23. The molecule has 2 rings (SSSR count). The van der Waals surface area contributed by atoms with Crippen molar-refractivity contribution in [2.24, 2.45) is 0 Å². The fourth-order valence-electron chi connectivity index (χ4n) is 1.44. The van der Waals surface area contributed by atoms with Crippen LogP contribution in [0.15, 0.2) is 47.5 Å². The molecule has 0 unspecified atom stereocenters. The second-order valence-corrected chi connectivity index (χ2v) is 5.88. The Hall–Kier alpha value is -2.21. The van der Waals surface area contributed by atoms with E-state index in [1.54, 1.807) is 12.1 Å². The lowest BCUT2D eigenvalue weighted by atomic mass is 10.3. The SMILES string of the molecule is CS(=O)(=O)c1ccc(Oc2ncccc2C=O)cc1. The van der Waals surface area contributed by atoms with Gasteiger partial charge in [0.05, 0.1) is 10.5 Å². The third-order valence-corrected chi connectivity index (χ3v) is 3.52.